The molecule has 0 aliphatic rings. The van der Waals surface area contributed by atoms with Crippen LogP contribution in [0, 0.1) is 0 Å². The number of hydrogen-bond acceptors (Lipinski definition) is 4. The van der Waals surface area contributed by atoms with E-state index in [-0.39, 0.29) is 11.7 Å². The van der Waals surface area contributed by atoms with Gasteiger partial charge in [-0.15, -0.1) is 0 Å². The largest absolute Gasteiger partial charge is 0.497 e. The molecular weight excluding hydrogens is 336 g/mol. The molecular formula is C15H15BrN2O3. The summed E-state index contributed by atoms with van der Waals surface area (Å²) in [5.41, 5.74) is 4.20. The zero-order valence-electron chi connectivity index (χ0n) is 11.7. The van der Waals surface area contributed by atoms with Gasteiger partial charge in [-0.05, 0) is 64.3 Å². The molecule has 0 bridgehead atoms. The Morgan fingerprint density at radius 1 is 1.29 bits per heavy atom. The first kappa shape index (κ1) is 15.3. The van der Waals surface area contributed by atoms with E-state index in [2.05, 4.69) is 26.5 Å². The third kappa shape index (κ3) is 3.95. The van der Waals surface area contributed by atoms with Crippen LogP contribution in [0.3, 0.4) is 0 Å². The van der Waals surface area contributed by atoms with Crippen molar-refractivity contribution < 1.29 is 13.9 Å². The Balaban J connectivity index is 2.10. The highest BCUT2D eigenvalue weighted by atomic mass is 79.9. The Kier molecular flexibility index (Phi) is 5.16. The number of methoxy groups -OCH3 is 1. The monoisotopic (exact) mass is 350 g/mol. The van der Waals surface area contributed by atoms with Gasteiger partial charge in [0, 0.05) is 0 Å². The average Bonchev–Trinajstić information content (AvgIpc) is 2.95. The molecule has 0 saturated heterocycles. The van der Waals surface area contributed by atoms with Crippen LogP contribution in [0.25, 0.3) is 0 Å². The van der Waals surface area contributed by atoms with Crippen LogP contribution in [-0.2, 0) is 0 Å². The van der Waals surface area contributed by atoms with E-state index >= 15 is 0 Å². The molecule has 0 aliphatic carbocycles. The summed E-state index contributed by atoms with van der Waals surface area (Å²) in [4.78, 5) is 11.9. The second-order valence-electron chi connectivity index (χ2n) is 4.19. The zero-order valence-corrected chi connectivity index (χ0v) is 13.3. The van der Waals surface area contributed by atoms with Crippen LogP contribution in [0.15, 0.2) is 50.6 Å². The maximum atomic E-state index is 11.9. The van der Waals surface area contributed by atoms with Crippen molar-refractivity contribution in [3.8, 4) is 5.75 Å². The summed E-state index contributed by atoms with van der Waals surface area (Å²) in [6.45, 7) is 1.97. The lowest BCUT2D eigenvalue weighted by molar-refractivity contribution is 0.0926. The normalized spacial score (nSPS) is 11.3. The maximum absolute atomic E-state index is 11.9. The Morgan fingerprint density at radius 3 is 2.52 bits per heavy atom. The molecule has 1 N–H and O–H groups in total. The fourth-order valence-electron chi connectivity index (χ4n) is 1.74. The molecule has 0 radical (unpaired) electrons. The summed E-state index contributed by atoms with van der Waals surface area (Å²) in [5, 5.41) is 4.15. The van der Waals surface area contributed by atoms with Crippen molar-refractivity contribution in [2.24, 2.45) is 5.10 Å². The molecule has 2 aromatic rings. The Morgan fingerprint density at radius 2 is 2.00 bits per heavy atom. The van der Waals surface area contributed by atoms with Gasteiger partial charge in [-0.3, -0.25) is 4.79 Å². The number of carbonyl (C=O) groups excluding carboxylic acids is 1. The molecule has 0 saturated carbocycles. The molecule has 21 heavy (non-hydrogen) atoms. The number of nitrogens with one attached hydrogen (secondary N) is 1. The minimum atomic E-state index is -0.389. The number of ether oxygens (including phenoxy) is 1. The quantitative estimate of drug-likeness (QED) is 0.661. The number of amides is 1. The minimum absolute atomic E-state index is 0.204. The van der Waals surface area contributed by atoms with E-state index in [1.807, 2.05) is 31.2 Å². The number of hydrazone groups is 1. The van der Waals surface area contributed by atoms with Gasteiger partial charge in [-0.25, -0.2) is 5.43 Å². The maximum Gasteiger partial charge on any atom is 0.307 e. The smallest absolute Gasteiger partial charge is 0.307 e. The van der Waals surface area contributed by atoms with Crippen LogP contribution in [0.5, 0.6) is 5.75 Å². The van der Waals surface area contributed by atoms with Crippen molar-refractivity contribution >= 4 is 27.5 Å². The predicted octanol–water partition coefficient (Wildman–Crippen LogP) is 3.59. The van der Waals surface area contributed by atoms with E-state index in [0.717, 1.165) is 17.0 Å². The SMILES string of the molecule is CCC(=NNC(=O)c1ccc(Br)o1)c1ccc(OC)cc1. The highest BCUT2D eigenvalue weighted by Gasteiger charge is 2.10. The Hall–Kier alpha value is -2.08. The highest BCUT2D eigenvalue weighted by molar-refractivity contribution is 9.10. The first-order valence-electron chi connectivity index (χ1n) is 6.40. The number of rotatable bonds is 5. The van der Waals surface area contributed by atoms with Crippen molar-refractivity contribution in [1.82, 2.24) is 5.43 Å². The van der Waals surface area contributed by atoms with E-state index in [1.54, 1.807) is 19.2 Å². The van der Waals surface area contributed by atoms with Crippen LogP contribution < -0.4 is 10.2 Å². The first-order valence-corrected chi connectivity index (χ1v) is 7.20. The lowest BCUT2D eigenvalue weighted by Gasteiger charge is -2.06. The van der Waals surface area contributed by atoms with Gasteiger partial charge in [0.1, 0.15) is 5.75 Å². The van der Waals surface area contributed by atoms with Gasteiger partial charge in [-0.1, -0.05) is 6.92 Å². The predicted molar refractivity (Wildman–Crippen MR) is 83.7 cm³/mol. The minimum Gasteiger partial charge on any atom is -0.497 e. The molecule has 0 unspecified atom stereocenters. The van der Waals surface area contributed by atoms with Crippen molar-refractivity contribution in [2.45, 2.75) is 13.3 Å². The summed E-state index contributed by atoms with van der Waals surface area (Å²) in [6.07, 6.45) is 0.689. The van der Waals surface area contributed by atoms with Crippen LogP contribution in [-0.4, -0.2) is 18.7 Å². The lowest BCUT2D eigenvalue weighted by Crippen LogP contribution is -2.19. The molecule has 1 amide bonds. The van der Waals surface area contributed by atoms with Crippen molar-refractivity contribution in [1.29, 1.82) is 0 Å². The van der Waals surface area contributed by atoms with Crippen LogP contribution >= 0.6 is 15.9 Å². The van der Waals surface area contributed by atoms with Crippen molar-refractivity contribution in [2.75, 3.05) is 7.11 Å². The number of carbonyl (C=O) groups is 1. The average molecular weight is 351 g/mol. The fraction of sp³-hybridized carbons (Fsp3) is 0.200. The molecule has 5 nitrogen and oxygen atoms in total. The molecule has 6 heteroatoms. The van der Waals surface area contributed by atoms with Gasteiger partial charge in [0.2, 0.25) is 0 Å². The molecule has 2 rings (SSSR count). The van der Waals surface area contributed by atoms with Crippen LogP contribution in [0.2, 0.25) is 0 Å². The highest BCUT2D eigenvalue weighted by Crippen LogP contribution is 2.15. The number of furan rings is 1. The van der Waals surface area contributed by atoms with Gasteiger partial charge in [-0.2, -0.15) is 5.10 Å². The summed E-state index contributed by atoms with van der Waals surface area (Å²) in [7, 11) is 1.62. The van der Waals surface area contributed by atoms with Crippen molar-refractivity contribution in [3.63, 3.8) is 0 Å². The number of nitrogens with zero attached hydrogens (tertiary/aromatic N) is 1. The van der Waals surface area contributed by atoms with E-state index < -0.39 is 0 Å². The van der Waals surface area contributed by atoms with E-state index in [1.165, 1.54) is 0 Å². The van der Waals surface area contributed by atoms with Crippen molar-refractivity contribution in [3.05, 3.63) is 52.4 Å². The molecule has 1 heterocycles. The summed E-state index contributed by atoms with van der Waals surface area (Å²) >= 11 is 3.15. The van der Waals surface area contributed by atoms with E-state index in [9.17, 15) is 4.79 Å². The summed E-state index contributed by atoms with van der Waals surface area (Å²) in [6, 6.07) is 10.7. The van der Waals surface area contributed by atoms with Crippen LogP contribution in [0.1, 0.15) is 29.5 Å². The van der Waals surface area contributed by atoms with Crippen LogP contribution in [0.4, 0.5) is 0 Å². The summed E-state index contributed by atoms with van der Waals surface area (Å²) < 4.78 is 10.8. The molecule has 110 valence electrons. The molecule has 0 aliphatic heterocycles. The van der Waals surface area contributed by atoms with Gasteiger partial charge in [0.05, 0.1) is 12.8 Å². The summed E-state index contributed by atoms with van der Waals surface area (Å²) in [5.74, 6) is 0.592. The zero-order chi connectivity index (χ0) is 15.2. The van der Waals surface area contributed by atoms with E-state index in [0.29, 0.717) is 11.1 Å². The first-order chi connectivity index (χ1) is 10.1. The third-order valence-electron chi connectivity index (χ3n) is 2.85. The Bertz CT molecular complexity index is 647. The topological polar surface area (TPSA) is 63.8 Å². The molecule has 0 atom stereocenters. The van der Waals surface area contributed by atoms with E-state index in [4.69, 9.17) is 9.15 Å². The van der Waals surface area contributed by atoms with Gasteiger partial charge in [0.15, 0.2) is 10.4 Å². The standard InChI is InChI=1S/C15H15BrN2O3/c1-3-12(10-4-6-11(20-2)7-5-10)17-18-15(19)13-8-9-14(16)21-13/h4-9H,3H2,1-2H3,(H,18,19). The second-order valence-corrected chi connectivity index (χ2v) is 4.97. The van der Waals surface area contributed by atoms with Gasteiger partial charge >= 0.3 is 5.91 Å². The number of halogens is 1. The Labute approximate surface area is 131 Å². The second kappa shape index (κ2) is 7.08. The molecule has 0 fully saturated rings. The fourth-order valence-corrected chi connectivity index (χ4v) is 2.05. The van der Waals surface area contributed by atoms with Gasteiger partial charge < -0.3 is 9.15 Å². The molecule has 0 spiro atoms. The lowest BCUT2D eigenvalue weighted by atomic mass is 10.1. The number of benzene rings is 1. The third-order valence-corrected chi connectivity index (χ3v) is 3.27. The number of hydrogen-bond donors (Lipinski definition) is 1. The molecule has 1 aromatic heterocycles. The van der Waals surface area contributed by atoms with Gasteiger partial charge in [0.25, 0.3) is 0 Å². The molecule has 1 aromatic carbocycles.